The number of carbonyl (C=O) groups excluding carboxylic acids is 1. The second-order valence-corrected chi connectivity index (χ2v) is 6.04. The van der Waals surface area contributed by atoms with Crippen LogP contribution < -0.4 is 11.2 Å². The summed E-state index contributed by atoms with van der Waals surface area (Å²) in [6, 6.07) is 0. The van der Waals surface area contributed by atoms with E-state index in [4.69, 9.17) is 0 Å². The van der Waals surface area contributed by atoms with Crippen LogP contribution in [-0.2, 0) is 11.2 Å². The van der Waals surface area contributed by atoms with Crippen LogP contribution in [0.15, 0.2) is 9.59 Å². The molecule has 1 amide bonds. The Morgan fingerprint density at radius 1 is 1.43 bits per heavy atom. The molecule has 2 heterocycles. The molecule has 2 rings (SSSR count). The van der Waals surface area contributed by atoms with Crippen LogP contribution in [0.2, 0.25) is 0 Å². The summed E-state index contributed by atoms with van der Waals surface area (Å²) in [4.78, 5) is 41.5. The Balaban J connectivity index is 2.13. The van der Waals surface area contributed by atoms with Crippen LogP contribution >= 0.6 is 0 Å². The summed E-state index contributed by atoms with van der Waals surface area (Å²) in [6.07, 6.45) is 0.466. The van der Waals surface area contributed by atoms with Gasteiger partial charge in [0.1, 0.15) is 0 Å². The van der Waals surface area contributed by atoms with E-state index in [1.165, 1.54) is 0 Å². The zero-order chi connectivity index (χ0) is 15.8. The summed E-state index contributed by atoms with van der Waals surface area (Å²) in [5.74, 6) is -0.192. The molecule has 1 aliphatic rings. The van der Waals surface area contributed by atoms with E-state index in [9.17, 15) is 19.5 Å². The number of aryl methyl sites for hydroxylation is 1. The first kappa shape index (κ1) is 15.5. The van der Waals surface area contributed by atoms with Crippen LogP contribution in [0, 0.1) is 12.8 Å². The van der Waals surface area contributed by atoms with E-state index < -0.39 is 16.9 Å². The number of piperidine rings is 1. The van der Waals surface area contributed by atoms with Gasteiger partial charge in [-0.15, -0.1) is 0 Å². The molecule has 0 spiro atoms. The highest BCUT2D eigenvalue weighted by Gasteiger charge is 2.36. The van der Waals surface area contributed by atoms with Crippen molar-refractivity contribution < 1.29 is 9.90 Å². The Morgan fingerprint density at radius 2 is 2.10 bits per heavy atom. The van der Waals surface area contributed by atoms with E-state index in [1.807, 2.05) is 6.92 Å². The third-order valence-corrected chi connectivity index (χ3v) is 4.38. The van der Waals surface area contributed by atoms with E-state index in [0.29, 0.717) is 25.2 Å². The van der Waals surface area contributed by atoms with Gasteiger partial charge < -0.3 is 15.0 Å². The first-order valence-corrected chi connectivity index (χ1v) is 7.03. The molecule has 7 heteroatoms. The van der Waals surface area contributed by atoms with Gasteiger partial charge in [-0.2, -0.15) is 0 Å². The van der Waals surface area contributed by atoms with Crippen LogP contribution in [0.4, 0.5) is 0 Å². The van der Waals surface area contributed by atoms with Crippen molar-refractivity contribution in [2.45, 2.75) is 39.2 Å². The van der Waals surface area contributed by atoms with E-state index in [1.54, 1.807) is 18.7 Å². The molecule has 0 radical (unpaired) electrons. The highest BCUT2D eigenvalue weighted by Crippen LogP contribution is 2.27. The van der Waals surface area contributed by atoms with Gasteiger partial charge in [-0.25, -0.2) is 4.79 Å². The molecular formula is C14H21N3O4. The predicted molar refractivity (Wildman–Crippen MR) is 77.1 cm³/mol. The normalized spacial score (nSPS) is 25.9. The van der Waals surface area contributed by atoms with Crippen LogP contribution in [0.3, 0.4) is 0 Å². The van der Waals surface area contributed by atoms with E-state index in [2.05, 4.69) is 9.97 Å². The van der Waals surface area contributed by atoms with Gasteiger partial charge in [0.15, 0.2) is 0 Å². The number of likely N-dealkylation sites (tertiary alicyclic amines) is 1. The number of amides is 1. The molecule has 1 saturated heterocycles. The van der Waals surface area contributed by atoms with E-state index in [-0.39, 0.29) is 23.8 Å². The smallest absolute Gasteiger partial charge is 0.325 e. The maximum atomic E-state index is 12.3. The molecule has 0 aromatic carbocycles. The third-order valence-electron chi connectivity index (χ3n) is 4.38. The van der Waals surface area contributed by atoms with Gasteiger partial charge in [0.2, 0.25) is 5.91 Å². The number of nitrogens with zero attached hydrogens (tertiary/aromatic N) is 1. The van der Waals surface area contributed by atoms with Crippen molar-refractivity contribution >= 4 is 5.91 Å². The van der Waals surface area contributed by atoms with Crippen molar-refractivity contribution in [3.63, 3.8) is 0 Å². The summed E-state index contributed by atoms with van der Waals surface area (Å²) < 4.78 is 0. The van der Waals surface area contributed by atoms with Crippen LogP contribution in [-0.4, -0.2) is 44.6 Å². The fourth-order valence-electron chi connectivity index (χ4n) is 2.55. The number of aliphatic hydroxyl groups is 1. The lowest BCUT2D eigenvalue weighted by molar-refractivity contribution is -0.137. The lowest BCUT2D eigenvalue weighted by Gasteiger charge is -2.41. The van der Waals surface area contributed by atoms with Crippen molar-refractivity contribution in [1.29, 1.82) is 0 Å². The number of nitrogens with one attached hydrogen (secondary N) is 2. The Morgan fingerprint density at radius 3 is 2.67 bits per heavy atom. The second-order valence-electron chi connectivity index (χ2n) is 6.04. The van der Waals surface area contributed by atoms with Gasteiger partial charge in [0, 0.05) is 30.3 Å². The highest BCUT2D eigenvalue weighted by atomic mass is 16.3. The molecule has 1 fully saturated rings. The minimum Gasteiger partial charge on any atom is -0.390 e. The van der Waals surface area contributed by atoms with Gasteiger partial charge in [-0.05, 0) is 20.3 Å². The van der Waals surface area contributed by atoms with Crippen molar-refractivity contribution in [2.24, 2.45) is 5.92 Å². The zero-order valence-corrected chi connectivity index (χ0v) is 12.5. The third kappa shape index (κ3) is 3.24. The maximum absolute atomic E-state index is 12.3. The maximum Gasteiger partial charge on any atom is 0.325 e. The molecule has 1 aliphatic heterocycles. The number of aromatic nitrogens is 2. The van der Waals surface area contributed by atoms with Crippen LogP contribution in [0.5, 0.6) is 0 Å². The van der Waals surface area contributed by atoms with Gasteiger partial charge >= 0.3 is 5.69 Å². The minimum atomic E-state index is -0.762. The summed E-state index contributed by atoms with van der Waals surface area (Å²) in [5.41, 5.74) is -1.17. The number of carbonyl (C=O) groups is 1. The number of H-pyrrole nitrogens is 2. The Hall–Kier alpha value is -1.89. The molecular weight excluding hydrogens is 274 g/mol. The van der Waals surface area contributed by atoms with Crippen molar-refractivity contribution in [1.82, 2.24) is 14.9 Å². The molecule has 1 aromatic rings. The fourth-order valence-corrected chi connectivity index (χ4v) is 2.55. The Kier molecular flexibility index (Phi) is 4.04. The zero-order valence-electron chi connectivity index (χ0n) is 12.5. The molecule has 116 valence electrons. The summed E-state index contributed by atoms with van der Waals surface area (Å²) in [6.45, 7) is 6.21. The average molecular weight is 295 g/mol. The number of hydrogen-bond acceptors (Lipinski definition) is 4. The highest BCUT2D eigenvalue weighted by molar-refractivity contribution is 5.79. The van der Waals surface area contributed by atoms with Gasteiger partial charge in [-0.1, -0.05) is 6.92 Å². The number of rotatable bonds is 2. The second kappa shape index (κ2) is 5.48. The Bertz CT molecular complexity index is 659. The van der Waals surface area contributed by atoms with Crippen molar-refractivity contribution in [3.05, 3.63) is 32.1 Å². The summed E-state index contributed by atoms with van der Waals surface area (Å²) in [7, 11) is 0. The molecule has 0 aliphatic carbocycles. The summed E-state index contributed by atoms with van der Waals surface area (Å²) in [5, 5.41) is 10.1. The Labute approximate surface area is 122 Å². The molecule has 0 unspecified atom stereocenters. The lowest BCUT2D eigenvalue weighted by Crippen LogP contribution is -2.51. The van der Waals surface area contributed by atoms with Crippen molar-refractivity contribution in [2.75, 3.05) is 13.1 Å². The SMILES string of the molecule is Cc1[nH]c(=O)[nH]c(=O)c1CC(=O)N1CC[C@@](C)(O)[C@@H](C)C1. The minimum absolute atomic E-state index is 0.0230. The standard InChI is InChI=1S/C14H21N3O4/c1-8-7-17(5-4-14(8,3)21)11(18)6-10-9(2)15-13(20)16-12(10)19/h8,21H,4-7H2,1-3H3,(H2,15,16,19,20)/t8-,14+/m0/s1. The van der Waals surface area contributed by atoms with E-state index >= 15 is 0 Å². The molecule has 1 aromatic heterocycles. The van der Waals surface area contributed by atoms with Crippen LogP contribution in [0.1, 0.15) is 31.5 Å². The monoisotopic (exact) mass is 295 g/mol. The van der Waals surface area contributed by atoms with Crippen LogP contribution in [0.25, 0.3) is 0 Å². The first-order chi connectivity index (χ1) is 9.70. The topological polar surface area (TPSA) is 106 Å². The van der Waals surface area contributed by atoms with Gasteiger partial charge in [0.25, 0.3) is 5.56 Å². The lowest BCUT2D eigenvalue weighted by atomic mass is 9.84. The largest absolute Gasteiger partial charge is 0.390 e. The molecule has 2 atom stereocenters. The fraction of sp³-hybridized carbons (Fsp3) is 0.643. The number of aromatic amines is 2. The first-order valence-electron chi connectivity index (χ1n) is 7.03. The quantitative estimate of drug-likeness (QED) is 0.686. The van der Waals surface area contributed by atoms with Gasteiger partial charge in [-0.3, -0.25) is 14.6 Å². The average Bonchev–Trinajstić information content (AvgIpc) is 2.36. The molecule has 0 saturated carbocycles. The summed E-state index contributed by atoms with van der Waals surface area (Å²) >= 11 is 0. The molecule has 3 N–H and O–H groups in total. The van der Waals surface area contributed by atoms with E-state index in [0.717, 1.165) is 0 Å². The molecule has 21 heavy (non-hydrogen) atoms. The molecule has 0 bridgehead atoms. The van der Waals surface area contributed by atoms with Crippen molar-refractivity contribution in [3.8, 4) is 0 Å². The van der Waals surface area contributed by atoms with Gasteiger partial charge in [0.05, 0.1) is 12.0 Å². The predicted octanol–water partition coefficient (Wildman–Crippen LogP) is -0.466. The molecule has 7 nitrogen and oxygen atoms in total. The number of hydrogen-bond donors (Lipinski definition) is 3.